The number of amides is 2. The van der Waals surface area contributed by atoms with Crippen LogP contribution in [0.3, 0.4) is 0 Å². The van der Waals surface area contributed by atoms with E-state index in [9.17, 15) is 4.79 Å². The molecule has 2 rings (SSSR count). The zero-order chi connectivity index (χ0) is 10.7. The van der Waals surface area contributed by atoms with Gasteiger partial charge in [0.1, 0.15) is 0 Å². The molecule has 0 saturated carbocycles. The van der Waals surface area contributed by atoms with Gasteiger partial charge >= 0.3 is 6.03 Å². The molecule has 15 heavy (non-hydrogen) atoms. The Kier molecular flexibility index (Phi) is 2.87. The lowest BCUT2D eigenvalue weighted by Crippen LogP contribution is -2.27. The van der Waals surface area contributed by atoms with Crippen molar-refractivity contribution in [2.75, 3.05) is 25.1 Å². The largest absolute Gasteiger partial charge is 0.380 e. The molecule has 0 bridgehead atoms. The number of nitrogens with zero attached hydrogens (tertiary/aromatic N) is 1. The van der Waals surface area contributed by atoms with Crippen molar-refractivity contribution in [3.05, 3.63) is 29.8 Å². The van der Waals surface area contributed by atoms with Gasteiger partial charge in [0.05, 0.1) is 6.61 Å². The monoisotopic (exact) mass is 206 g/mol. The maximum atomic E-state index is 11.4. The van der Waals surface area contributed by atoms with E-state index in [1.807, 2.05) is 24.3 Å². The van der Waals surface area contributed by atoms with Crippen LogP contribution in [-0.2, 0) is 11.3 Å². The quantitative estimate of drug-likeness (QED) is 0.811. The standard InChI is InChI=1S/C11H14N2O2/c1-15-8-9-3-2-4-10(7-9)13-6-5-12-11(13)14/h2-4,7H,5-6,8H2,1H3,(H,12,14). The summed E-state index contributed by atoms with van der Waals surface area (Å²) in [6, 6.07) is 7.82. The van der Waals surface area contributed by atoms with Crippen molar-refractivity contribution in [2.24, 2.45) is 0 Å². The molecule has 4 heteroatoms. The molecule has 80 valence electrons. The van der Waals surface area contributed by atoms with Gasteiger partial charge in [-0.25, -0.2) is 4.79 Å². The van der Waals surface area contributed by atoms with E-state index in [0.29, 0.717) is 13.2 Å². The van der Waals surface area contributed by atoms with Crippen LogP contribution in [0.2, 0.25) is 0 Å². The second kappa shape index (κ2) is 4.31. The molecule has 2 amide bonds. The minimum atomic E-state index is -0.0235. The number of ether oxygens (including phenoxy) is 1. The van der Waals surface area contributed by atoms with Crippen LogP contribution in [0.1, 0.15) is 5.56 Å². The van der Waals surface area contributed by atoms with Crippen molar-refractivity contribution in [2.45, 2.75) is 6.61 Å². The third-order valence-electron chi connectivity index (χ3n) is 2.39. The second-order valence-corrected chi connectivity index (χ2v) is 3.49. The van der Waals surface area contributed by atoms with Gasteiger partial charge in [-0.1, -0.05) is 12.1 Å². The number of hydrogen-bond donors (Lipinski definition) is 1. The Morgan fingerprint density at radius 2 is 2.40 bits per heavy atom. The van der Waals surface area contributed by atoms with Gasteiger partial charge in [0, 0.05) is 25.9 Å². The number of nitrogens with one attached hydrogen (secondary N) is 1. The summed E-state index contributed by atoms with van der Waals surface area (Å²) in [7, 11) is 1.66. The molecule has 1 aromatic rings. The van der Waals surface area contributed by atoms with Gasteiger partial charge in [0.2, 0.25) is 0 Å². The molecule has 1 heterocycles. The van der Waals surface area contributed by atoms with Crippen molar-refractivity contribution < 1.29 is 9.53 Å². The summed E-state index contributed by atoms with van der Waals surface area (Å²) in [6.45, 7) is 2.02. The van der Waals surface area contributed by atoms with Crippen LogP contribution in [0, 0.1) is 0 Å². The zero-order valence-corrected chi connectivity index (χ0v) is 8.69. The van der Waals surface area contributed by atoms with E-state index in [1.165, 1.54) is 0 Å². The van der Waals surface area contributed by atoms with Gasteiger partial charge < -0.3 is 10.1 Å². The molecule has 0 radical (unpaired) electrons. The van der Waals surface area contributed by atoms with E-state index in [-0.39, 0.29) is 6.03 Å². The normalized spacial score (nSPS) is 15.5. The Balaban J connectivity index is 2.20. The summed E-state index contributed by atoms with van der Waals surface area (Å²) in [4.78, 5) is 13.2. The number of urea groups is 1. The van der Waals surface area contributed by atoms with Crippen LogP contribution in [0.4, 0.5) is 10.5 Å². The summed E-state index contributed by atoms with van der Waals surface area (Å²) < 4.78 is 5.05. The highest BCUT2D eigenvalue weighted by Gasteiger charge is 2.20. The molecule has 0 aliphatic carbocycles. The number of rotatable bonds is 3. The highest BCUT2D eigenvalue weighted by molar-refractivity contribution is 5.94. The first-order valence-corrected chi connectivity index (χ1v) is 4.94. The number of methoxy groups -OCH3 is 1. The van der Waals surface area contributed by atoms with Crippen LogP contribution in [0.5, 0.6) is 0 Å². The maximum Gasteiger partial charge on any atom is 0.321 e. The molecule has 1 N–H and O–H groups in total. The van der Waals surface area contributed by atoms with Crippen LogP contribution in [0.25, 0.3) is 0 Å². The SMILES string of the molecule is COCc1cccc(N2CCNC2=O)c1. The molecule has 4 nitrogen and oxygen atoms in total. The van der Waals surface area contributed by atoms with E-state index < -0.39 is 0 Å². The van der Waals surface area contributed by atoms with E-state index in [0.717, 1.165) is 17.8 Å². The van der Waals surface area contributed by atoms with Gasteiger partial charge in [0.25, 0.3) is 0 Å². The minimum Gasteiger partial charge on any atom is -0.380 e. The van der Waals surface area contributed by atoms with Crippen molar-refractivity contribution in [1.29, 1.82) is 0 Å². The fourth-order valence-electron chi connectivity index (χ4n) is 1.70. The molecular weight excluding hydrogens is 192 g/mol. The molecule has 0 aromatic heterocycles. The zero-order valence-electron chi connectivity index (χ0n) is 8.69. The van der Waals surface area contributed by atoms with Crippen molar-refractivity contribution in [1.82, 2.24) is 5.32 Å². The molecule has 0 atom stereocenters. The second-order valence-electron chi connectivity index (χ2n) is 3.49. The highest BCUT2D eigenvalue weighted by atomic mass is 16.5. The topological polar surface area (TPSA) is 41.6 Å². The Morgan fingerprint density at radius 1 is 1.53 bits per heavy atom. The molecule has 1 fully saturated rings. The molecule has 0 spiro atoms. The number of benzene rings is 1. The predicted molar refractivity (Wildman–Crippen MR) is 57.9 cm³/mol. The lowest BCUT2D eigenvalue weighted by Gasteiger charge is -2.14. The van der Waals surface area contributed by atoms with Crippen LogP contribution >= 0.6 is 0 Å². The van der Waals surface area contributed by atoms with Crippen LogP contribution in [-0.4, -0.2) is 26.2 Å². The van der Waals surface area contributed by atoms with E-state index >= 15 is 0 Å². The maximum absolute atomic E-state index is 11.4. The highest BCUT2D eigenvalue weighted by Crippen LogP contribution is 2.18. The summed E-state index contributed by atoms with van der Waals surface area (Å²) >= 11 is 0. The third-order valence-corrected chi connectivity index (χ3v) is 2.39. The van der Waals surface area contributed by atoms with Gasteiger partial charge in [0.15, 0.2) is 0 Å². The number of carbonyl (C=O) groups excluding carboxylic acids is 1. The Labute approximate surface area is 88.8 Å². The lowest BCUT2D eigenvalue weighted by atomic mass is 10.2. The van der Waals surface area contributed by atoms with E-state index in [2.05, 4.69) is 5.32 Å². The van der Waals surface area contributed by atoms with E-state index in [1.54, 1.807) is 12.0 Å². The lowest BCUT2D eigenvalue weighted by molar-refractivity contribution is 0.185. The van der Waals surface area contributed by atoms with Crippen LogP contribution in [0.15, 0.2) is 24.3 Å². The van der Waals surface area contributed by atoms with Crippen molar-refractivity contribution >= 4 is 11.7 Å². The Morgan fingerprint density at radius 3 is 3.07 bits per heavy atom. The van der Waals surface area contributed by atoms with Gasteiger partial charge in [-0.3, -0.25) is 4.90 Å². The van der Waals surface area contributed by atoms with E-state index in [4.69, 9.17) is 4.74 Å². The molecule has 1 aromatic carbocycles. The summed E-state index contributed by atoms with van der Waals surface area (Å²) in [5.41, 5.74) is 2.01. The minimum absolute atomic E-state index is 0.0235. The smallest absolute Gasteiger partial charge is 0.321 e. The third kappa shape index (κ3) is 2.10. The summed E-state index contributed by atoms with van der Waals surface area (Å²) in [5, 5.41) is 2.78. The fraction of sp³-hybridized carbons (Fsp3) is 0.364. The Bertz CT molecular complexity index is 365. The molecule has 1 aliphatic rings. The number of carbonyl (C=O) groups is 1. The average Bonchev–Trinajstić information content (AvgIpc) is 2.65. The van der Waals surface area contributed by atoms with Crippen molar-refractivity contribution in [3.63, 3.8) is 0 Å². The summed E-state index contributed by atoms with van der Waals surface area (Å²) in [6.07, 6.45) is 0. The number of hydrogen-bond acceptors (Lipinski definition) is 2. The molecule has 0 unspecified atom stereocenters. The molecule has 1 aliphatic heterocycles. The fourth-order valence-corrected chi connectivity index (χ4v) is 1.70. The summed E-state index contributed by atoms with van der Waals surface area (Å²) in [5.74, 6) is 0. The first kappa shape index (κ1) is 9.98. The van der Waals surface area contributed by atoms with Gasteiger partial charge in [-0.2, -0.15) is 0 Å². The van der Waals surface area contributed by atoms with Crippen molar-refractivity contribution in [3.8, 4) is 0 Å². The first-order chi connectivity index (χ1) is 7.31. The average molecular weight is 206 g/mol. The van der Waals surface area contributed by atoms with Crippen LogP contribution < -0.4 is 10.2 Å². The van der Waals surface area contributed by atoms with Gasteiger partial charge in [-0.05, 0) is 17.7 Å². The molecule has 1 saturated heterocycles. The molecular formula is C11H14N2O2. The van der Waals surface area contributed by atoms with Gasteiger partial charge in [-0.15, -0.1) is 0 Å². The Hall–Kier alpha value is -1.55. The number of anilines is 1. The first-order valence-electron chi connectivity index (χ1n) is 4.94. The predicted octanol–water partition coefficient (Wildman–Crippen LogP) is 1.36.